The monoisotopic (exact) mass is 452 g/mol. The SMILES string of the molecule is c1ccc2c(c1)ccc1c2sc2c1c1ccccc1c1c3ccccc3n(-c3ncncn3)c21. The van der Waals surface area contributed by atoms with Crippen LogP contribution in [-0.4, -0.2) is 19.5 Å². The molecular formula is C29H16N4S. The molecule has 0 unspecified atom stereocenters. The summed E-state index contributed by atoms with van der Waals surface area (Å²) in [6.07, 6.45) is 3.14. The number of nitrogens with zero attached hydrogens (tertiary/aromatic N) is 4. The standard InChI is InChI=1S/C29H16N4S/c1-2-8-18-17(7-1)13-14-22-25-20-10-4-3-9-19(20)24-21-11-5-6-12-23(21)33(29-31-15-30-16-32-29)26(24)28(25)34-27(18)22/h1-16H. The number of rotatable bonds is 1. The van der Waals surface area contributed by atoms with E-state index >= 15 is 0 Å². The highest BCUT2D eigenvalue weighted by Crippen LogP contribution is 2.48. The van der Waals surface area contributed by atoms with Crippen LogP contribution in [0.15, 0.2) is 97.6 Å². The Morgan fingerprint density at radius 1 is 0.559 bits per heavy atom. The molecule has 0 aliphatic carbocycles. The van der Waals surface area contributed by atoms with Crippen molar-refractivity contribution in [3.63, 3.8) is 0 Å². The third-order valence-corrected chi connectivity index (χ3v) is 8.06. The van der Waals surface area contributed by atoms with Gasteiger partial charge in [-0.2, -0.15) is 0 Å². The van der Waals surface area contributed by atoms with Crippen molar-refractivity contribution in [2.75, 3.05) is 0 Å². The van der Waals surface area contributed by atoms with Gasteiger partial charge in [-0.1, -0.05) is 78.9 Å². The van der Waals surface area contributed by atoms with Gasteiger partial charge in [-0.05, 0) is 27.6 Å². The Balaban J connectivity index is 1.75. The second-order valence-corrected chi connectivity index (χ2v) is 9.55. The van der Waals surface area contributed by atoms with Crippen molar-refractivity contribution in [1.29, 1.82) is 0 Å². The van der Waals surface area contributed by atoms with E-state index < -0.39 is 0 Å². The van der Waals surface area contributed by atoms with Gasteiger partial charge in [-0.15, -0.1) is 11.3 Å². The number of para-hydroxylation sites is 1. The summed E-state index contributed by atoms with van der Waals surface area (Å²) in [5.41, 5.74) is 2.26. The molecular weight excluding hydrogens is 436 g/mol. The van der Waals surface area contributed by atoms with E-state index in [0.717, 1.165) is 11.0 Å². The minimum atomic E-state index is 0.639. The maximum absolute atomic E-state index is 4.56. The highest BCUT2D eigenvalue weighted by molar-refractivity contribution is 7.27. The van der Waals surface area contributed by atoms with E-state index in [9.17, 15) is 0 Å². The third-order valence-electron chi connectivity index (χ3n) is 6.82. The molecule has 0 fully saturated rings. The second kappa shape index (κ2) is 6.59. The largest absolute Gasteiger partial charge is 0.276 e. The van der Waals surface area contributed by atoms with Crippen LogP contribution in [0.2, 0.25) is 0 Å². The molecule has 3 heterocycles. The van der Waals surface area contributed by atoms with Gasteiger partial charge in [0.2, 0.25) is 5.95 Å². The summed E-state index contributed by atoms with van der Waals surface area (Å²) in [4.78, 5) is 13.2. The Bertz CT molecular complexity index is 2070. The second-order valence-electron chi connectivity index (χ2n) is 8.53. The van der Waals surface area contributed by atoms with Crippen molar-refractivity contribution in [2.45, 2.75) is 0 Å². The minimum absolute atomic E-state index is 0.639. The summed E-state index contributed by atoms with van der Waals surface area (Å²) >= 11 is 1.87. The maximum Gasteiger partial charge on any atom is 0.237 e. The van der Waals surface area contributed by atoms with E-state index in [-0.39, 0.29) is 0 Å². The molecule has 158 valence electrons. The summed E-state index contributed by atoms with van der Waals surface area (Å²) < 4.78 is 4.79. The molecule has 8 aromatic rings. The molecule has 5 aromatic carbocycles. The number of benzene rings is 5. The Hall–Kier alpha value is -4.35. The summed E-state index contributed by atoms with van der Waals surface area (Å²) in [5.74, 6) is 0.639. The van der Waals surface area contributed by atoms with E-state index in [1.54, 1.807) is 12.7 Å². The fourth-order valence-electron chi connectivity index (χ4n) is 5.46. The van der Waals surface area contributed by atoms with Crippen molar-refractivity contribution < 1.29 is 0 Å². The molecule has 0 N–H and O–H groups in total. The first-order valence-corrected chi connectivity index (χ1v) is 12.0. The van der Waals surface area contributed by atoms with E-state index in [4.69, 9.17) is 0 Å². The molecule has 0 aliphatic heterocycles. The average Bonchev–Trinajstić information content (AvgIpc) is 3.46. The lowest BCUT2D eigenvalue weighted by Gasteiger charge is -2.08. The number of hydrogen-bond acceptors (Lipinski definition) is 4. The first kappa shape index (κ1) is 18.1. The topological polar surface area (TPSA) is 43.6 Å². The van der Waals surface area contributed by atoms with Gasteiger partial charge in [0.05, 0.1) is 15.7 Å². The molecule has 34 heavy (non-hydrogen) atoms. The van der Waals surface area contributed by atoms with Gasteiger partial charge >= 0.3 is 0 Å². The van der Waals surface area contributed by atoms with Crippen LogP contribution in [0.3, 0.4) is 0 Å². The molecule has 5 heteroatoms. The normalized spacial score (nSPS) is 12.1. The molecule has 0 saturated carbocycles. The van der Waals surface area contributed by atoms with E-state index in [2.05, 4.69) is 104 Å². The zero-order valence-corrected chi connectivity index (χ0v) is 18.8. The van der Waals surface area contributed by atoms with Gasteiger partial charge in [0.1, 0.15) is 12.7 Å². The zero-order valence-electron chi connectivity index (χ0n) is 17.9. The van der Waals surface area contributed by atoms with Crippen LogP contribution < -0.4 is 0 Å². The van der Waals surface area contributed by atoms with Crippen molar-refractivity contribution in [3.8, 4) is 5.95 Å². The molecule has 4 nitrogen and oxygen atoms in total. The van der Waals surface area contributed by atoms with Gasteiger partial charge in [0.25, 0.3) is 0 Å². The van der Waals surface area contributed by atoms with Crippen LogP contribution in [0.25, 0.3) is 69.5 Å². The third kappa shape index (κ3) is 2.24. The van der Waals surface area contributed by atoms with Gasteiger partial charge in [-0.3, -0.25) is 4.57 Å². The molecule has 0 saturated heterocycles. The number of fused-ring (bicyclic) bond motifs is 12. The predicted molar refractivity (Wildman–Crippen MR) is 142 cm³/mol. The Morgan fingerprint density at radius 2 is 1.24 bits per heavy atom. The van der Waals surface area contributed by atoms with Gasteiger partial charge < -0.3 is 0 Å². The van der Waals surface area contributed by atoms with Crippen LogP contribution >= 0.6 is 11.3 Å². The lowest BCUT2D eigenvalue weighted by Crippen LogP contribution is -2.00. The summed E-state index contributed by atoms with van der Waals surface area (Å²) in [6.45, 7) is 0. The fourth-order valence-corrected chi connectivity index (χ4v) is 6.85. The molecule has 0 bridgehead atoms. The first-order chi connectivity index (χ1) is 16.9. The van der Waals surface area contributed by atoms with E-state index in [1.165, 1.54) is 52.5 Å². The lowest BCUT2D eigenvalue weighted by molar-refractivity contribution is 0.941. The highest BCUT2D eigenvalue weighted by atomic mass is 32.1. The summed E-state index contributed by atoms with van der Waals surface area (Å²) in [6, 6.07) is 30.5. The zero-order chi connectivity index (χ0) is 22.2. The number of aromatic nitrogens is 4. The highest BCUT2D eigenvalue weighted by Gasteiger charge is 2.22. The Kier molecular flexibility index (Phi) is 3.51. The van der Waals surface area contributed by atoms with Crippen molar-refractivity contribution in [3.05, 3.63) is 97.6 Å². The molecule has 3 aromatic heterocycles. The van der Waals surface area contributed by atoms with Crippen molar-refractivity contribution in [2.24, 2.45) is 0 Å². The first-order valence-electron chi connectivity index (χ1n) is 11.2. The van der Waals surface area contributed by atoms with Gasteiger partial charge in [0.15, 0.2) is 0 Å². The quantitative estimate of drug-likeness (QED) is 0.257. The van der Waals surface area contributed by atoms with Crippen LogP contribution in [0.4, 0.5) is 0 Å². The van der Waals surface area contributed by atoms with Crippen LogP contribution in [-0.2, 0) is 0 Å². The average molecular weight is 453 g/mol. The number of hydrogen-bond donors (Lipinski definition) is 0. The van der Waals surface area contributed by atoms with Crippen molar-refractivity contribution in [1.82, 2.24) is 19.5 Å². The van der Waals surface area contributed by atoms with Crippen LogP contribution in [0.1, 0.15) is 0 Å². The molecule has 0 amide bonds. The Labute approximate surface area is 197 Å². The van der Waals surface area contributed by atoms with Gasteiger partial charge in [0, 0.05) is 26.2 Å². The smallest absolute Gasteiger partial charge is 0.237 e. The lowest BCUT2D eigenvalue weighted by atomic mass is 9.98. The molecule has 0 aliphatic rings. The van der Waals surface area contributed by atoms with E-state index in [1.807, 2.05) is 11.3 Å². The molecule has 0 radical (unpaired) electrons. The van der Waals surface area contributed by atoms with Crippen LogP contribution in [0, 0.1) is 0 Å². The summed E-state index contributed by atoms with van der Waals surface area (Å²) in [7, 11) is 0. The minimum Gasteiger partial charge on any atom is -0.276 e. The van der Waals surface area contributed by atoms with Crippen LogP contribution in [0.5, 0.6) is 0 Å². The Morgan fingerprint density at radius 3 is 2.06 bits per heavy atom. The predicted octanol–water partition coefficient (Wildman–Crippen LogP) is 7.64. The fraction of sp³-hybridized carbons (Fsp3) is 0. The maximum atomic E-state index is 4.56. The van der Waals surface area contributed by atoms with E-state index in [0.29, 0.717) is 5.95 Å². The van der Waals surface area contributed by atoms with Crippen molar-refractivity contribution >= 4 is 74.9 Å². The molecule has 0 spiro atoms. The molecule has 0 atom stereocenters. The summed E-state index contributed by atoms with van der Waals surface area (Å²) in [5, 5.41) is 10.1. The number of thiophene rings is 1. The van der Waals surface area contributed by atoms with Gasteiger partial charge in [-0.25, -0.2) is 15.0 Å². The molecule has 8 rings (SSSR count).